The Morgan fingerprint density at radius 2 is 1.67 bits per heavy atom. The fourth-order valence-electron chi connectivity index (χ4n) is 3.45. The highest BCUT2D eigenvalue weighted by atomic mass is 79.9. The van der Waals surface area contributed by atoms with Crippen LogP contribution in [0.25, 0.3) is 31.6 Å². The number of fused-ring (bicyclic) bond motifs is 2. The van der Waals surface area contributed by atoms with E-state index in [0.29, 0.717) is 5.56 Å². The van der Waals surface area contributed by atoms with Crippen LogP contribution < -0.4 is 5.32 Å². The van der Waals surface area contributed by atoms with E-state index in [4.69, 9.17) is 4.98 Å². The number of hydrogen-bond donors (Lipinski definition) is 1. The molecule has 0 spiro atoms. The van der Waals surface area contributed by atoms with E-state index in [2.05, 4.69) is 43.2 Å². The molecule has 4 aromatic carbocycles. The number of amides is 1. The molecule has 1 aromatic heterocycles. The van der Waals surface area contributed by atoms with Crippen molar-refractivity contribution >= 4 is 75.8 Å². The van der Waals surface area contributed by atoms with Crippen molar-refractivity contribution in [1.82, 2.24) is 4.98 Å². The number of thiazole rings is 1. The van der Waals surface area contributed by atoms with Gasteiger partial charge in [0.1, 0.15) is 5.01 Å². The summed E-state index contributed by atoms with van der Waals surface area (Å²) in [4.78, 5) is 18.0. The van der Waals surface area contributed by atoms with Gasteiger partial charge in [-0.2, -0.15) is 0 Å². The minimum absolute atomic E-state index is 0.150. The normalized spacial score (nSPS) is 11.1. The summed E-state index contributed by atoms with van der Waals surface area (Å²) in [6, 6.07) is 25.5. The molecule has 0 bridgehead atoms. The number of rotatable bonds is 3. The maximum atomic E-state index is 13.2. The zero-order chi connectivity index (χ0) is 20.7. The molecule has 1 heterocycles. The van der Waals surface area contributed by atoms with Gasteiger partial charge < -0.3 is 5.32 Å². The Balaban J connectivity index is 1.57. The number of aromatic nitrogens is 1. The van der Waals surface area contributed by atoms with Gasteiger partial charge in [0, 0.05) is 20.1 Å². The first-order valence-electron chi connectivity index (χ1n) is 9.24. The Morgan fingerprint density at radius 1 is 0.867 bits per heavy atom. The van der Waals surface area contributed by atoms with E-state index < -0.39 is 0 Å². The van der Waals surface area contributed by atoms with E-state index in [0.717, 1.165) is 46.2 Å². The second-order valence-electron chi connectivity index (χ2n) is 6.77. The zero-order valence-corrected chi connectivity index (χ0v) is 19.5. The Bertz CT molecular complexity index is 1390. The Labute approximate surface area is 194 Å². The first-order valence-corrected chi connectivity index (χ1v) is 11.6. The molecule has 146 valence electrons. The van der Waals surface area contributed by atoms with Crippen molar-refractivity contribution in [2.75, 3.05) is 5.32 Å². The summed E-state index contributed by atoms with van der Waals surface area (Å²) in [5.74, 6) is -0.150. The topological polar surface area (TPSA) is 42.0 Å². The molecule has 0 saturated heterocycles. The van der Waals surface area contributed by atoms with Gasteiger partial charge in [-0.15, -0.1) is 11.3 Å². The number of nitrogens with zero attached hydrogens (tertiary/aromatic N) is 1. The minimum atomic E-state index is -0.150. The van der Waals surface area contributed by atoms with Crippen molar-refractivity contribution in [1.29, 1.82) is 0 Å². The fraction of sp³-hybridized carbons (Fsp3) is 0. The number of halogens is 2. The molecular weight excluding hydrogens is 524 g/mol. The Morgan fingerprint density at radius 3 is 2.53 bits per heavy atom. The van der Waals surface area contributed by atoms with Crippen LogP contribution in [-0.2, 0) is 0 Å². The summed E-state index contributed by atoms with van der Waals surface area (Å²) >= 11 is 8.73. The second kappa shape index (κ2) is 7.95. The van der Waals surface area contributed by atoms with Gasteiger partial charge >= 0.3 is 0 Å². The first-order chi connectivity index (χ1) is 14.6. The lowest BCUT2D eigenvalue weighted by Crippen LogP contribution is -2.13. The van der Waals surface area contributed by atoms with Crippen LogP contribution in [-0.4, -0.2) is 10.9 Å². The van der Waals surface area contributed by atoms with Crippen LogP contribution in [0.1, 0.15) is 10.4 Å². The van der Waals surface area contributed by atoms with E-state index in [-0.39, 0.29) is 5.91 Å². The lowest BCUT2D eigenvalue weighted by atomic mass is 10.0. The molecule has 6 heteroatoms. The largest absolute Gasteiger partial charge is 0.321 e. The van der Waals surface area contributed by atoms with Gasteiger partial charge in [-0.3, -0.25) is 4.79 Å². The maximum absolute atomic E-state index is 13.2. The fourth-order valence-corrected chi connectivity index (χ4v) is 5.30. The number of para-hydroxylation sites is 1. The number of nitrogens with one attached hydrogen (secondary N) is 1. The summed E-state index contributed by atoms with van der Waals surface area (Å²) in [5, 5.41) is 5.88. The second-order valence-corrected chi connectivity index (χ2v) is 9.57. The molecule has 0 fully saturated rings. The van der Waals surface area contributed by atoms with E-state index in [9.17, 15) is 4.79 Å². The number of anilines is 1. The molecule has 0 saturated carbocycles. The van der Waals surface area contributed by atoms with Gasteiger partial charge in [0.15, 0.2) is 0 Å². The molecule has 0 radical (unpaired) electrons. The van der Waals surface area contributed by atoms with Crippen LogP contribution in [0.2, 0.25) is 0 Å². The molecule has 0 aliphatic carbocycles. The van der Waals surface area contributed by atoms with Crippen molar-refractivity contribution < 1.29 is 4.79 Å². The van der Waals surface area contributed by atoms with Gasteiger partial charge in [-0.05, 0) is 53.2 Å². The Hall–Kier alpha value is -2.54. The van der Waals surface area contributed by atoms with Crippen LogP contribution >= 0.6 is 43.2 Å². The van der Waals surface area contributed by atoms with Crippen LogP contribution in [0, 0.1) is 0 Å². The Kier molecular flexibility index (Phi) is 5.15. The molecule has 1 N–H and O–H groups in total. The summed E-state index contributed by atoms with van der Waals surface area (Å²) < 4.78 is 3.01. The van der Waals surface area contributed by atoms with Crippen molar-refractivity contribution in [3.8, 4) is 10.6 Å². The molecule has 0 aliphatic heterocycles. The van der Waals surface area contributed by atoms with Crippen molar-refractivity contribution in [2.24, 2.45) is 0 Å². The average molecular weight is 538 g/mol. The van der Waals surface area contributed by atoms with Crippen LogP contribution in [0.4, 0.5) is 5.69 Å². The molecular formula is C24H14Br2N2OS. The highest BCUT2D eigenvalue weighted by Gasteiger charge is 2.16. The lowest BCUT2D eigenvalue weighted by molar-refractivity contribution is 0.102. The van der Waals surface area contributed by atoms with Crippen LogP contribution in [0.15, 0.2) is 87.8 Å². The third-order valence-corrected chi connectivity index (χ3v) is 7.12. The van der Waals surface area contributed by atoms with Crippen LogP contribution in [0.3, 0.4) is 0 Å². The quantitative estimate of drug-likeness (QED) is 0.254. The van der Waals surface area contributed by atoms with Gasteiger partial charge in [0.25, 0.3) is 5.91 Å². The molecule has 5 aromatic rings. The van der Waals surface area contributed by atoms with Crippen molar-refractivity contribution in [2.45, 2.75) is 0 Å². The third kappa shape index (κ3) is 3.55. The number of benzene rings is 4. The third-order valence-electron chi connectivity index (χ3n) is 4.87. The number of hydrogen-bond acceptors (Lipinski definition) is 3. The van der Waals surface area contributed by atoms with Gasteiger partial charge in [-0.25, -0.2) is 4.98 Å². The van der Waals surface area contributed by atoms with Crippen molar-refractivity contribution in [3.05, 3.63) is 93.4 Å². The maximum Gasteiger partial charge on any atom is 0.256 e. The molecule has 0 atom stereocenters. The highest BCUT2D eigenvalue weighted by molar-refractivity contribution is 9.11. The molecule has 3 nitrogen and oxygen atoms in total. The predicted octanol–water partition coefficient (Wildman–Crippen LogP) is 7.89. The average Bonchev–Trinajstić information content (AvgIpc) is 3.19. The predicted molar refractivity (Wildman–Crippen MR) is 132 cm³/mol. The summed E-state index contributed by atoms with van der Waals surface area (Å²) in [6.45, 7) is 0. The smallest absolute Gasteiger partial charge is 0.256 e. The molecule has 0 unspecified atom stereocenters. The monoisotopic (exact) mass is 536 g/mol. The minimum Gasteiger partial charge on any atom is -0.321 e. The summed E-state index contributed by atoms with van der Waals surface area (Å²) in [7, 11) is 0. The van der Waals surface area contributed by atoms with Crippen LogP contribution in [0.5, 0.6) is 0 Å². The lowest BCUT2D eigenvalue weighted by Gasteiger charge is -2.12. The van der Waals surface area contributed by atoms with Gasteiger partial charge in [-0.1, -0.05) is 68.3 Å². The molecule has 0 aliphatic rings. The van der Waals surface area contributed by atoms with Crippen molar-refractivity contribution in [3.63, 3.8) is 0 Å². The summed E-state index contributed by atoms with van der Waals surface area (Å²) in [6.07, 6.45) is 0. The standard InChI is InChI=1S/C24H14Br2N2OS/c25-14-11-12-20(18(13-14)24-28-21-9-1-2-10-22(21)30-24)27-23(29)17-7-3-6-16-15(17)5-4-8-19(16)26/h1-13H,(H,27,29). The molecule has 30 heavy (non-hydrogen) atoms. The molecule has 5 rings (SSSR count). The van der Waals surface area contributed by atoms with Gasteiger partial charge in [0.2, 0.25) is 0 Å². The van der Waals surface area contributed by atoms with E-state index in [1.165, 1.54) is 0 Å². The summed E-state index contributed by atoms with van der Waals surface area (Å²) in [5.41, 5.74) is 3.20. The highest BCUT2D eigenvalue weighted by Crippen LogP contribution is 2.36. The zero-order valence-electron chi connectivity index (χ0n) is 15.5. The van der Waals surface area contributed by atoms with Gasteiger partial charge in [0.05, 0.1) is 15.9 Å². The first kappa shape index (κ1) is 19.4. The number of carbonyl (C=O) groups is 1. The van der Waals surface area contributed by atoms with E-state index in [1.54, 1.807) is 11.3 Å². The van der Waals surface area contributed by atoms with E-state index >= 15 is 0 Å². The SMILES string of the molecule is O=C(Nc1ccc(Br)cc1-c1nc2ccccc2s1)c1cccc2c(Br)cccc12. The molecule has 1 amide bonds. The van der Waals surface area contributed by atoms with E-state index in [1.807, 2.05) is 72.8 Å². The number of carbonyl (C=O) groups excluding carboxylic acids is 1.